The van der Waals surface area contributed by atoms with Crippen molar-refractivity contribution in [3.8, 4) is 5.75 Å². The number of carbonyl (C=O) groups is 4. The second kappa shape index (κ2) is 12.2. The number of nitrogens with one attached hydrogen (secondary N) is 1. The summed E-state index contributed by atoms with van der Waals surface area (Å²) in [4.78, 5) is 59.6. The number of carboxylic acids is 1. The Labute approximate surface area is 226 Å². The van der Waals surface area contributed by atoms with Crippen LogP contribution in [-0.4, -0.2) is 69.9 Å². The molecule has 10 heteroatoms. The number of carbonyl (C=O) groups excluding carboxylic acids is 3. The maximum absolute atomic E-state index is 13.9. The summed E-state index contributed by atoms with van der Waals surface area (Å²) in [5, 5.41) is 12.4. The van der Waals surface area contributed by atoms with Gasteiger partial charge in [-0.05, 0) is 49.2 Å². The van der Waals surface area contributed by atoms with Crippen LogP contribution >= 0.6 is 0 Å². The van der Waals surface area contributed by atoms with E-state index in [1.54, 1.807) is 54.6 Å². The van der Waals surface area contributed by atoms with Crippen molar-refractivity contribution in [1.29, 1.82) is 0 Å². The third-order valence-electron chi connectivity index (χ3n) is 6.53. The molecule has 0 radical (unpaired) electrons. The molecule has 0 saturated carbocycles. The number of aryl methyl sites for hydroxylation is 1. The van der Waals surface area contributed by atoms with E-state index >= 15 is 0 Å². The highest BCUT2D eigenvalue weighted by molar-refractivity contribution is 6.01. The van der Waals surface area contributed by atoms with Gasteiger partial charge in [-0.2, -0.15) is 0 Å². The Bertz CT molecular complexity index is 1360. The van der Waals surface area contributed by atoms with Crippen molar-refractivity contribution >= 4 is 23.7 Å². The Balaban J connectivity index is 1.72. The molecule has 4 rings (SSSR count). The third-order valence-corrected chi connectivity index (χ3v) is 6.53. The molecule has 0 spiro atoms. The van der Waals surface area contributed by atoms with Crippen molar-refractivity contribution in [1.82, 2.24) is 20.1 Å². The fourth-order valence-electron chi connectivity index (χ4n) is 4.67. The zero-order valence-corrected chi connectivity index (χ0v) is 21.7. The summed E-state index contributed by atoms with van der Waals surface area (Å²) in [6.45, 7) is 2.32. The molecular weight excluding hydrogens is 500 g/mol. The first kappa shape index (κ1) is 27.3. The van der Waals surface area contributed by atoms with E-state index in [2.05, 4.69) is 10.3 Å². The van der Waals surface area contributed by atoms with Gasteiger partial charge >= 0.3 is 5.97 Å². The average Bonchev–Trinajstić information content (AvgIpc) is 2.95. The van der Waals surface area contributed by atoms with Gasteiger partial charge in [0.15, 0.2) is 6.17 Å². The molecule has 1 saturated heterocycles. The molecule has 2 aromatic carbocycles. The summed E-state index contributed by atoms with van der Waals surface area (Å²) in [5.74, 6) is -2.16. The Morgan fingerprint density at radius 3 is 2.28 bits per heavy atom. The number of methoxy groups -OCH3 is 1. The maximum Gasteiger partial charge on any atom is 0.305 e. The molecule has 1 aliphatic heterocycles. The number of amides is 3. The smallest absolute Gasteiger partial charge is 0.305 e. The SMILES string of the molecule is COc1cccc(C(=O)N2CCCN(C(=O)c3ccncc3)C2C(=O)NC(CC(=O)O)c2cccc(C)c2)c1. The van der Waals surface area contributed by atoms with Crippen molar-refractivity contribution in [3.05, 3.63) is 95.3 Å². The molecule has 3 amide bonds. The lowest BCUT2D eigenvalue weighted by atomic mass is 10.0. The summed E-state index contributed by atoms with van der Waals surface area (Å²) in [6.07, 6.45) is 1.73. The summed E-state index contributed by atoms with van der Waals surface area (Å²) >= 11 is 0. The normalized spacial score (nSPS) is 15.8. The van der Waals surface area contributed by atoms with Gasteiger partial charge < -0.3 is 25.0 Å². The van der Waals surface area contributed by atoms with Crippen LogP contribution in [0.5, 0.6) is 5.75 Å². The van der Waals surface area contributed by atoms with Crippen LogP contribution in [-0.2, 0) is 9.59 Å². The number of nitrogens with zero attached hydrogens (tertiary/aromatic N) is 3. The van der Waals surface area contributed by atoms with Gasteiger partial charge in [0.25, 0.3) is 17.7 Å². The van der Waals surface area contributed by atoms with E-state index in [9.17, 15) is 24.3 Å². The molecule has 0 aliphatic carbocycles. The van der Waals surface area contributed by atoms with Gasteiger partial charge in [-0.3, -0.25) is 24.2 Å². The third kappa shape index (κ3) is 6.40. The molecule has 1 aliphatic rings. The predicted octanol–water partition coefficient (Wildman–Crippen LogP) is 3.05. The number of pyridine rings is 1. The Kier molecular flexibility index (Phi) is 8.55. The molecule has 1 fully saturated rings. The van der Waals surface area contributed by atoms with E-state index in [0.29, 0.717) is 28.9 Å². The van der Waals surface area contributed by atoms with Gasteiger partial charge in [0.2, 0.25) is 0 Å². The van der Waals surface area contributed by atoms with Crippen LogP contribution in [0.1, 0.15) is 50.7 Å². The van der Waals surface area contributed by atoms with E-state index in [4.69, 9.17) is 4.74 Å². The van der Waals surface area contributed by atoms with Gasteiger partial charge in [0, 0.05) is 36.6 Å². The van der Waals surface area contributed by atoms with Gasteiger partial charge in [-0.1, -0.05) is 35.9 Å². The monoisotopic (exact) mass is 530 g/mol. The molecule has 2 unspecified atom stereocenters. The van der Waals surface area contributed by atoms with Crippen molar-refractivity contribution in [3.63, 3.8) is 0 Å². The van der Waals surface area contributed by atoms with Gasteiger partial charge in [0.05, 0.1) is 19.6 Å². The minimum atomic E-state index is -1.31. The minimum absolute atomic E-state index is 0.225. The summed E-state index contributed by atoms with van der Waals surface area (Å²) in [5.41, 5.74) is 2.13. The van der Waals surface area contributed by atoms with Gasteiger partial charge in [0.1, 0.15) is 5.75 Å². The fourth-order valence-corrected chi connectivity index (χ4v) is 4.67. The van der Waals surface area contributed by atoms with Crippen LogP contribution < -0.4 is 10.1 Å². The number of benzene rings is 2. The largest absolute Gasteiger partial charge is 0.497 e. The van der Waals surface area contributed by atoms with E-state index < -0.39 is 35.9 Å². The fraction of sp³-hybridized carbons (Fsp3) is 0.276. The second-order valence-corrected chi connectivity index (χ2v) is 9.27. The van der Waals surface area contributed by atoms with Crippen molar-refractivity contribution in [2.45, 2.75) is 32.0 Å². The number of hydrogen-bond donors (Lipinski definition) is 2. The van der Waals surface area contributed by atoms with Crippen LogP contribution in [0.4, 0.5) is 0 Å². The number of rotatable bonds is 8. The molecule has 10 nitrogen and oxygen atoms in total. The van der Waals surface area contributed by atoms with Crippen LogP contribution in [0.3, 0.4) is 0 Å². The predicted molar refractivity (Wildman–Crippen MR) is 142 cm³/mol. The Morgan fingerprint density at radius 2 is 1.64 bits per heavy atom. The lowest BCUT2D eigenvalue weighted by molar-refractivity contribution is -0.138. The molecule has 2 atom stereocenters. The van der Waals surface area contributed by atoms with Crippen LogP contribution in [0.15, 0.2) is 73.1 Å². The number of aromatic nitrogens is 1. The molecular formula is C29H30N4O6. The zero-order chi connectivity index (χ0) is 27.9. The minimum Gasteiger partial charge on any atom is -0.497 e. The first-order chi connectivity index (χ1) is 18.8. The number of carboxylic acid groups (broad SMARTS) is 1. The van der Waals surface area contributed by atoms with Gasteiger partial charge in [-0.25, -0.2) is 0 Å². The number of hydrogen-bond acceptors (Lipinski definition) is 6. The molecule has 0 bridgehead atoms. The molecule has 1 aromatic heterocycles. The molecule has 3 aromatic rings. The highest BCUT2D eigenvalue weighted by Gasteiger charge is 2.41. The van der Waals surface area contributed by atoms with E-state index in [1.807, 2.05) is 13.0 Å². The Hall–Kier alpha value is -4.73. The lowest BCUT2D eigenvalue weighted by Crippen LogP contribution is -2.63. The first-order valence-electron chi connectivity index (χ1n) is 12.5. The van der Waals surface area contributed by atoms with E-state index in [1.165, 1.54) is 29.3 Å². The standard InChI is InChI=1S/C29H30N4O6/c1-19-6-3-7-21(16-19)24(18-25(34)35)31-26(36)27-32(28(37)20-10-12-30-13-11-20)14-5-15-33(27)29(38)22-8-4-9-23(17-22)39-2/h3-4,6-13,16-17,24,27H,5,14-15,18H2,1-2H3,(H,31,36)(H,34,35). The molecule has 202 valence electrons. The van der Waals surface area contributed by atoms with Crippen molar-refractivity contribution < 1.29 is 29.0 Å². The first-order valence-corrected chi connectivity index (χ1v) is 12.5. The van der Waals surface area contributed by atoms with Crippen molar-refractivity contribution in [2.24, 2.45) is 0 Å². The summed E-state index contributed by atoms with van der Waals surface area (Å²) in [7, 11) is 1.49. The topological polar surface area (TPSA) is 129 Å². The quantitative estimate of drug-likeness (QED) is 0.458. The summed E-state index contributed by atoms with van der Waals surface area (Å²) in [6, 6.07) is 16.0. The maximum atomic E-state index is 13.9. The van der Waals surface area contributed by atoms with Crippen molar-refractivity contribution in [2.75, 3.05) is 20.2 Å². The second-order valence-electron chi connectivity index (χ2n) is 9.27. The van der Waals surface area contributed by atoms with Gasteiger partial charge in [-0.15, -0.1) is 0 Å². The number of ether oxygens (including phenoxy) is 1. The average molecular weight is 531 g/mol. The lowest BCUT2D eigenvalue weighted by Gasteiger charge is -2.43. The van der Waals surface area contributed by atoms with Crippen LogP contribution in [0, 0.1) is 6.92 Å². The number of aliphatic carboxylic acids is 1. The van der Waals surface area contributed by atoms with E-state index in [-0.39, 0.29) is 19.5 Å². The van der Waals surface area contributed by atoms with Crippen LogP contribution in [0.25, 0.3) is 0 Å². The molecule has 2 N–H and O–H groups in total. The summed E-state index contributed by atoms with van der Waals surface area (Å²) < 4.78 is 5.26. The molecule has 39 heavy (non-hydrogen) atoms. The zero-order valence-electron chi connectivity index (χ0n) is 21.7. The van der Waals surface area contributed by atoms with E-state index in [0.717, 1.165) is 5.56 Å². The van der Waals surface area contributed by atoms with Crippen LogP contribution in [0.2, 0.25) is 0 Å². The highest BCUT2D eigenvalue weighted by Crippen LogP contribution is 2.25. The Morgan fingerprint density at radius 1 is 0.974 bits per heavy atom. The highest BCUT2D eigenvalue weighted by atomic mass is 16.5. The molecule has 2 heterocycles.